The molecule has 0 fully saturated rings. The second kappa shape index (κ2) is 6.33. The Labute approximate surface area is 119 Å². The first-order valence-electron chi connectivity index (χ1n) is 6.98. The van der Waals surface area contributed by atoms with Crippen molar-refractivity contribution in [3.05, 3.63) is 53.2 Å². The van der Waals surface area contributed by atoms with Crippen LogP contribution in [0.25, 0.3) is 11.3 Å². The lowest BCUT2D eigenvalue weighted by atomic mass is 9.99. The van der Waals surface area contributed by atoms with Gasteiger partial charge >= 0.3 is 5.97 Å². The van der Waals surface area contributed by atoms with Gasteiger partial charge < -0.3 is 5.11 Å². The monoisotopic (exact) mass is 269 g/mol. The number of aromatic carboxylic acids is 1. The maximum atomic E-state index is 11.4. The van der Waals surface area contributed by atoms with E-state index in [1.165, 1.54) is 0 Å². The van der Waals surface area contributed by atoms with Gasteiger partial charge in [-0.25, -0.2) is 4.79 Å². The Morgan fingerprint density at radius 2 is 1.90 bits per heavy atom. The number of hydrogen-bond acceptors (Lipinski definition) is 2. The van der Waals surface area contributed by atoms with Crippen molar-refractivity contribution in [2.24, 2.45) is 0 Å². The third-order valence-corrected chi connectivity index (χ3v) is 3.33. The smallest absolute Gasteiger partial charge is 0.337 e. The van der Waals surface area contributed by atoms with Crippen LogP contribution in [0.2, 0.25) is 0 Å². The van der Waals surface area contributed by atoms with Gasteiger partial charge in [-0.2, -0.15) is 0 Å². The molecule has 0 aliphatic rings. The average molecular weight is 269 g/mol. The number of benzene rings is 1. The zero-order valence-corrected chi connectivity index (χ0v) is 11.9. The number of pyridine rings is 1. The molecule has 1 N–H and O–H groups in total. The molecule has 0 bridgehead atoms. The lowest BCUT2D eigenvalue weighted by Gasteiger charge is -2.12. The topological polar surface area (TPSA) is 50.2 Å². The molecular formula is C17H19NO2. The molecule has 1 aromatic carbocycles. The molecule has 1 heterocycles. The van der Waals surface area contributed by atoms with Crippen LogP contribution in [0, 0.1) is 0 Å². The molecular weight excluding hydrogens is 250 g/mol. The molecule has 3 nitrogen and oxygen atoms in total. The minimum Gasteiger partial charge on any atom is -0.478 e. The van der Waals surface area contributed by atoms with E-state index in [0.29, 0.717) is 17.7 Å². The fourth-order valence-electron chi connectivity index (χ4n) is 2.32. The molecule has 0 atom stereocenters. The standard InChI is InChI=1S/C17H19NO2/c1-3-8-15-14(17(19)20)11-12(4-2)16(18-15)13-9-6-5-7-10-13/h5-7,9-11H,3-4,8H2,1-2H3,(H,19,20). The number of hydrogen-bond donors (Lipinski definition) is 1. The number of carbonyl (C=O) groups is 1. The first-order valence-corrected chi connectivity index (χ1v) is 6.98. The van der Waals surface area contributed by atoms with Gasteiger partial charge in [-0.15, -0.1) is 0 Å². The molecule has 0 amide bonds. The summed E-state index contributed by atoms with van der Waals surface area (Å²) < 4.78 is 0. The summed E-state index contributed by atoms with van der Waals surface area (Å²) in [5, 5.41) is 9.33. The van der Waals surface area contributed by atoms with Gasteiger partial charge in [-0.3, -0.25) is 4.98 Å². The molecule has 0 aliphatic heterocycles. The molecule has 2 rings (SSSR count). The van der Waals surface area contributed by atoms with Crippen LogP contribution in [0.15, 0.2) is 36.4 Å². The number of carboxylic acid groups (broad SMARTS) is 1. The van der Waals surface area contributed by atoms with Crippen LogP contribution in [0.4, 0.5) is 0 Å². The molecule has 0 saturated heterocycles. The summed E-state index contributed by atoms with van der Waals surface area (Å²) in [6, 6.07) is 11.7. The highest BCUT2D eigenvalue weighted by Gasteiger charge is 2.16. The van der Waals surface area contributed by atoms with E-state index in [1.54, 1.807) is 6.07 Å². The summed E-state index contributed by atoms with van der Waals surface area (Å²) in [5.74, 6) is -0.893. The normalized spacial score (nSPS) is 10.5. The van der Waals surface area contributed by atoms with Crippen molar-refractivity contribution in [1.82, 2.24) is 4.98 Å². The van der Waals surface area contributed by atoms with Crippen LogP contribution in [0.3, 0.4) is 0 Å². The molecule has 0 saturated carbocycles. The molecule has 0 spiro atoms. The SMILES string of the molecule is CCCc1nc(-c2ccccc2)c(CC)cc1C(=O)O. The van der Waals surface area contributed by atoms with Crippen LogP contribution >= 0.6 is 0 Å². The summed E-state index contributed by atoms with van der Waals surface area (Å²) >= 11 is 0. The zero-order chi connectivity index (χ0) is 14.5. The number of rotatable bonds is 5. The van der Waals surface area contributed by atoms with Crippen LogP contribution < -0.4 is 0 Å². The Balaban J connectivity index is 2.62. The minimum absolute atomic E-state index is 0.336. The van der Waals surface area contributed by atoms with Gasteiger partial charge in [0.1, 0.15) is 0 Å². The third kappa shape index (κ3) is 2.87. The number of aryl methyl sites for hydroxylation is 2. The van der Waals surface area contributed by atoms with Gasteiger partial charge in [-0.05, 0) is 24.5 Å². The van der Waals surface area contributed by atoms with Crippen molar-refractivity contribution in [1.29, 1.82) is 0 Å². The van der Waals surface area contributed by atoms with Gasteiger partial charge in [0.05, 0.1) is 17.0 Å². The molecule has 20 heavy (non-hydrogen) atoms. The lowest BCUT2D eigenvalue weighted by molar-refractivity contribution is 0.0695. The van der Waals surface area contributed by atoms with Gasteiger partial charge in [0, 0.05) is 5.56 Å². The maximum absolute atomic E-state index is 11.4. The number of carboxylic acids is 1. The first kappa shape index (κ1) is 14.3. The summed E-state index contributed by atoms with van der Waals surface area (Å²) in [6.07, 6.45) is 2.34. The van der Waals surface area contributed by atoms with Crippen molar-refractivity contribution in [3.63, 3.8) is 0 Å². The molecule has 0 radical (unpaired) electrons. The average Bonchev–Trinajstić information content (AvgIpc) is 2.47. The lowest BCUT2D eigenvalue weighted by Crippen LogP contribution is -2.08. The zero-order valence-electron chi connectivity index (χ0n) is 11.9. The van der Waals surface area contributed by atoms with Crippen LogP contribution in [-0.2, 0) is 12.8 Å². The Morgan fingerprint density at radius 1 is 1.20 bits per heavy atom. The molecule has 3 heteroatoms. The minimum atomic E-state index is -0.893. The predicted octanol–water partition coefficient (Wildman–Crippen LogP) is 3.96. The van der Waals surface area contributed by atoms with E-state index in [0.717, 1.165) is 29.7 Å². The number of nitrogens with zero attached hydrogens (tertiary/aromatic N) is 1. The highest BCUT2D eigenvalue weighted by Crippen LogP contribution is 2.25. The Bertz CT molecular complexity index is 606. The van der Waals surface area contributed by atoms with Gasteiger partial charge in [-0.1, -0.05) is 50.6 Å². The van der Waals surface area contributed by atoms with Crippen LogP contribution in [0.1, 0.15) is 41.9 Å². The van der Waals surface area contributed by atoms with Gasteiger partial charge in [0.15, 0.2) is 0 Å². The second-order valence-corrected chi connectivity index (χ2v) is 4.77. The van der Waals surface area contributed by atoms with E-state index in [4.69, 9.17) is 0 Å². The highest BCUT2D eigenvalue weighted by atomic mass is 16.4. The Hall–Kier alpha value is -2.16. The largest absolute Gasteiger partial charge is 0.478 e. The number of aromatic nitrogens is 1. The van der Waals surface area contributed by atoms with E-state index in [2.05, 4.69) is 4.98 Å². The van der Waals surface area contributed by atoms with Crippen molar-refractivity contribution < 1.29 is 9.90 Å². The van der Waals surface area contributed by atoms with Gasteiger partial charge in [0.2, 0.25) is 0 Å². The van der Waals surface area contributed by atoms with E-state index >= 15 is 0 Å². The summed E-state index contributed by atoms with van der Waals surface area (Å²) in [6.45, 7) is 4.05. The molecule has 0 unspecified atom stereocenters. The summed E-state index contributed by atoms with van der Waals surface area (Å²) in [4.78, 5) is 16.0. The van der Waals surface area contributed by atoms with Crippen molar-refractivity contribution >= 4 is 5.97 Å². The first-order chi connectivity index (χ1) is 9.67. The maximum Gasteiger partial charge on any atom is 0.337 e. The van der Waals surface area contributed by atoms with E-state index in [-0.39, 0.29) is 0 Å². The summed E-state index contributed by atoms with van der Waals surface area (Å²) in [7, 11) is 0. The summed E-state index contributed by atoms with van der Waals surface area (Å²) in [5.41, 5.74) is 3.94. The fourth-order valence-corrected chi connectivity index (χ4v) is 2.32. The predicted molar refractivity (Wildman–Crippen MR) is 80.0 cm³/mol. The Morgan fingerprint density at radius 3 is 2.45 bits per heavy atom. The molecule has 2 aromatic rings. The van der Waals surface area contributed by atoms with Crippen molar-refractivity contribution in [2.75, 3.05) is 0 Å². The van der Waals surface area contributed by atoms with Crippen LogP contribution in [0.5, 0.6) is 0 Å². The molecule has 0 aliphatic carbocycles. The molecule has 1 aromatic heterocycles. The second-order valence-electron chi connectivity index (χ2n) is 4.77. The van der Waals surface area contributed by atoms with E-state index < -0.39 is 5.97 Å². The quantitative estimate of drug-likeness (QED) is 0.893. The highest BCUT2D eigenvalue weighted by molar-refractivity contribution is 5.90. The van der Waals surface area contributed by atoms with Crippen LogP contribution in [-0.4, -0.2) is 16.1 Å². The third-order valence-electron chi connectivity index (χ3n) is 3.33. The van der Waals surface area contributed by atoms with Crippen molar-refractivity contribution in [3.8, 4) is 11.3 Å². The fraction of sp³-hybridized carbons (Fsp3) is 0.294. The van der Waals surface area contributed by atoms with Gasteiger partial charge in [0.25, 0.3) is 0 Å². The van der Waals surface area contributed by atoms with E-state index in [9.17, 15) is 9.90 Å². The van der Waals surface area contributed by atoms with E-state index in [1.807, 2.05) is 44.2 Å². The molecule has 104 valence electrons. The Kier molecular flexibility index (Phi) is 4.51. The van der Waals surface area contributed by atoms with Crippen molar-refractivity contribution in [2.45, 2.75) is 33.1 Å².